The molecule has 0 heterocycles. The second-order valence-corrected chi connectivity index (χ2v) is 4.58. The molecule has 0 radical (unpaired) electrons. The lowest BCUT2D eigenvalue weighted by atomic mass is 9.78. The molecule has 0 aromatic carbocycles. The molecule has 0 amide bonds. The molecular weight excluding hydrogens is 277 g/mol. The van der Waals surface area contributed by atoms with E-state index in [0.717, 1.165) is 30.2 Å². The van der Waals surface area contributed by atoms with Crippen molar-refractivity contribution in [2.45, 2.75) is 12.6 Å². The summed E-state index contributed by atoms with van der Waals surface area (Å²) in [7, 11) is -2.06. The lowest BCUT2D eigenvalue weighted by Crippen LogP contribution is -2.17. The normalized spacial score (nSPS) is 21.6. The van der Waals surface area contributed by atoms with E-state index in [-0.39, 0.29) is 12.4 Å². The van der Waals surface area contributed by atoms with Crippen molar-refractivity contribution in [3.05, 3.63) is 71.2 Å². The van der Waals surface area contributed by atoms with E-state index in [1.54, 1.807) is 0 Å². The molecular formula is C15H15BF2O3. The number of hydrogen-bond acceptors (Lipinski definition) is 3. The van der Waals surface area contributed by atoms with E-state index < -0.39 is 24.6 Å². The fourth-order valence-corrected chi connectivity index (χ4v) is 1.89. The average molecular weight is 292 g/mol. The van der Waals surface area contributed by atoms with E-state index in [0.29, 0.717) is 0 Å². The van der Waals surface area contributed by atoms with Crippen LogP contribution in [0.5, 0.6) is 0 Å². The van der Waals surface area contributed by atoms with Crippen LogP contribution in [0.15, 0.2) is 71.2 Å². The largest absolute Gasteiger partial charge is 0.491 e. The van der Waals surface area contributed by atoms with Crippen molar-refractivity contribution in [3.63, 3.8) is 0 Å². The van der Waals surface area contributed by atoms with E-state index >= 15 is 0 Å². The average Bonchev–Trinajstić information content (AvgIpc) is 2.78. The summed E-state index contributed by atoms with van der Waals surface area (Å²) in [5, 5.41) is 18.0. The first-order valence-corrected chi connectivity index (χ1v) is 6.52. The molecule has 2 aliphatic rings. The van der Waals surface area contributed by atoms with E-state index in [1.165, 1.54) is 0 Å². The first-order chi connectivity index (χ1) is 10.1. The van der Waals surface area contributed by atoms with Crippen molar-refractivity contribution in [2.24, 2.45) is 0 Å². The molecule has 0 saturated heterocycles. The topological polar surface area (TPSA) is 49.7 Å². The van der Waals surface area contributed by atoms with Gasteiger partial charge in [-0.25, -0.2) is 8.78 Å². The van der Waals surface area contributed by atoms with Crippen LogP contribution in [-0.4, -0.2) is 29.9 Å². The molecule has 21 heavy (non-hydrogen) atoms. The van der Waals surface area contributed by atoms with Crippen molar-refractivity contribution in [3.8, 4) is 0 Å². The Bertz CT molecular complexity index is 571. The third-order valence-corrected chi connectivity index (χ3v) is 3.00. The van der Waals surface area contributed by atoms with Gasteiger partial charge >= 0.3 is 7.12 Å². The molecule has 1 unspecified atom stereocenters. The van der Waals surface area contributed by atoms with Crippen LogP contribution in [-0.2, 0) is 4.74 Å². The number of halogens is 2. The Balaban J connectivity index is 2.07. The zero-order valence-electron chi connectivity index (χ0n) is 11.2. The molecule has 0 bridgehead atoms. The second-order valence-electron chi connectivity index (χ2n) is 4.58. The van der Waals surface area contributed by atoms with Crippen LogP contribution in [0.4, 0.5) is 8.78 Å². The van der Waals surface area contributed by atoms with Crippen LogP contribution in [0, 0.1) is 0 Å². The molecule has 0 fully saturated rings. The maximum Gasteiger partial charge on any atom is 0.491 e. The second kappa shape index (κ2) is 7.20. The van der Waals surface area contributed by atoms with Crippen molar-refractivity contribution in [2.75, 3.05) is 6.61 Å². The zero-order valence-corrected chi connectivity index (χ0v) is 11.2. The maximum atomic E-state index is 14.0. The van der Waals surface area contributed by atoms with Gasteiger partial charge in [0.2, 0.25) is 0 Å². The molecule has 0 aromatic heterocycles. The van der Waals surface area contributed by atoms with Gasteiger partial charge in [-0.05, 0) is 30.2 Å². The minimum atomic E-state index is -2.06. The molecule has 0 saturated carbocycles. The van der Waals surface area contributed by atoms with Crippen LogP contribution < -0.4 is 0 Å². The van der Waals surface area contributed by atoms with Gasteiger partial charge in [0.1, 0.15) is 18.2 Å². The Labute approximate surface area is 122 Å². The predicted octanol–water partition coefficient (Wildman–Crippen LogP) is 2.47. The van der Waals surface area contributed by atoms with Crippen molar-refractivity contribution in [1.29, 1.82) is 0 Å². The summed E-state index contributed by atoms with van der Waals surface area (Å²) >= 11 is 0. The van der Waals surface area contributed by atoms with Crippen molar-refractivity contribution < 1.29 is 23.6 Å². The van der Waals surface area contributed by atoms with Crippen LogP contribution in [0.3, 0.4) is 0 Å². The molecule has 110 valence electrons. The summed E-state index contributed by atoms with van der Waals surface area (Å²) in [6, 6.07) is 0. The molecule has 2 aliphatic carbocycles. The summed E-state index contributed by atoms with van der Waals surface area (Å²) in [5.41, 5.74) is 0.353. The van der Waals surface area contributed by atoms with Gasteiger partial charge in [-0.2, -0.15) is 0 Å². The molecule has 1 atom stereocenters. The fraction of sp³-hybridized carbons (Fsp3) is 0.200. The molecule has 2 rings (SSSR count). The summed E-state index contributed by atoms with van der Waals surface area (Å²) in [6.45, 7) is 0.146. The fourth-order valence-electron chi connectivity index (χ4n) is 1.89. The highest BCUT2D eigenvalue weighted by Crippen LogP contribution is 2.23. The Morgan fingerprint density at radius 2 is 2.05 bits per heavy atom. The third kappa shape index (κ3) is 4.27. The molecule has 6 heteroatoms. The number of alkyl halides is 1. The number of ether oxygens (including phenoxy) is 1. The van der Waals surface area contributed by atoms with Gasteiger partial charge in [0.15, 0.2) is 6.17 Å². The highest BCUT2D eigenvalue weighted by Gasteiger charge is 2.25. The van der Waals surface area contributed by atoms with E-state index in [1.807, 2.05) is 30.4 Å². The van der Waals surface area contributed by atoms with Gasteiger partial charge in [0.05, 0.1) is 0 Å². The van der Waals surface area contributed by atoms with Crippen LogP contribution in [0.2, 0.25) is 0 Å². The maximum absolute atomic E-state index is 14.0. The number of rotatable bonds is 4. The van der Waals surface area contributed by atoms with Gasteiger partial charge < -0.3 is 14.8 Å². The van der Waals surface area contributed by atoms with E-state index in [9.17, 15) is 8.78 Å². The smallest absolute Gasteiger partial charge is 0.490 e. The quantitative estimate of drug-likeness (QED) is 0.783. The van der Waals surface area contributed by atoms with Crippen molar-refractivity contribution in [1.82, 2.24) is 0 Å². The Hall–Kier alpha value is -1.92. The van der Waals surface area contributed by atoms with Crippen LogP contribution in [0.25, 0.3) is 0 Å². The van der Waals surface area contributed by atoms with E-state index in [4.69, 9.17) is 14.8 Å². The molecule has 3 nitrogen and oxygen atoms in total. The minimum Gasteiger partial charge on any atom is -0.490 e. The summed E-state index contributed by atoms with van der Waals surface area (Å²) < 4.78 is 32.9. The first kappa shape index (κ1) is 15.5. The summed E-state index contributed by atoms with van der Waals surface area (Å²) in [5.74, 6) is -0.980. The molecule has 0 aromatic rings. The molecule has 0 spiro atoms. The van der Waals surface area contributed by atoms with Gasteiger partial charge in [0.25, 0.3) is 0 Å². The summed E-state index contributed by atoms with van der Waals surface area (Å²) in [4.78, 5) is 0. The van der Waals surface area contributed by atoms with Gasteiger partial charge in [0, 0.05) is 5.47 Å². The lowest BCUT2D eigenvalue weighted by Gasteiger charge is -2.12. The van der Waals surface area contributed by atoms with Gasteiger partial charge in [-0.3, -0.25) is 0 Å². The highest BCUT2D eigenvalue weighted by atomic mass is 19.1. The minimum absolute atomic E-state index is 0.0803. The standard InChI is InChI=1S/C15H15BF2O3/c17-13-7-8-15(14(18)9-12(13)16(19)20)21-10-11-5-3-1-2-4-6-11/h1,3-9,14,19-20H,2,10H2. The predicted molar refractivity (Wildman–Crippen MR) is 77.4 cm³/mol. The Morgan fingerprint density at radius 3 is 2.81 bits per heavy atom. The number of hydrogen-bond donors (Lipinski definition) is 2. The lowest BCUT2D eigenvalue weighted by molar-refractivity contribution is 0.192. The van der Waals surface area contributed by atoms with Crippen LogP contribution >= 0.6 is 0 Å². The first-order valence-electron chi connectivity index (χ1n) is 6.52. The van der Waals surface area contributed by atoms with Crippen LogP contribution in [0.1, 0.15) is 6.42 Å². The van der Waals surface area contributed by atoms with E-state index in [2.05, 4.69) is 0 Å². The van der Waals surface area contributed by atoms with Gasteiger partial charge in [-0.1, -0.05) is 30.4 Å². The Morgan fingerprint density at radius 1 is 1.24 bits per heavy atom. The highest BCUT2D eigenvalue weighted by molar-refractivity contribution is 6.52. The van der Waals surface area contributed by atoms with Crippen molar-refractivity contribution >= 4 is 7.12 Å². The molecule has 2 N–H and O–H groups in total. The number of allylic oxidation sites excluding steroid dienone is 9. The monoisotopic (exact) mass is 292 g/mol. The third-order valence-electron chi connectivity index (χ3n) is 3.00. The Kier molecular flexibility index (Phi) is 5.30. The molecule has 0 aliphatic heterocycles. The zero-order chi connectivity index (χ0) is 15.2. The SMILES string of the molecule is OB(O)C1=CC(F)C(OCC2=CC=CCC=C2)=CC=C1F. The summed E-state index contributed by atoms with van der Waals surface area (Å²) in [6.07, 6.45) is 11.5. The van der Waals surface area contributed by atoms with Gasteiger partial charge in [-0.15, -0.1) is 0 Å².